The molecule has 0 radical (unpaired) electrons. The molecule has 0 bridgehead atoms. The van der Waals surface area contributed by atoms with Crippen molar-refractivity contribution in [3.63, 3.8) is 0 Å². The first kappa shape index (κ1) is 15.3. The van der Waals surface area contributed by atoms with Gasteiger partial charge in [-0.1, -0.05) is 35.9 Å². The molecule has 116 valence electrons. The molecule has 1 heterocycles. The predicted molar refractivity (Wildman–Crippen MR) is 93.8 cm³/mol. The van der Waals surface area contributed by atoms with E-state index < -0.39 is 5.91 Å². The second-order valence-electron chi connectivity index (χ2n) is 5.36. The summed E-state index contributed by atoms with van der Waals surface area (Å²) in [7, 11) is 0. The zero-order valence-electron chi connectivity index (χ0n) is 12.6. The van der Waals surface area contributed by atoms with Crippen molar-refractivity contribution in [1.29, 1.82) is 0 Å². The van der Waals surface area contributed by atoms with E-state index in [0.717, 1.165) is 22.3 Å². The number of aromatic nitrogens is 1. The van der Waals surface area contributed by atoms with Crippen LogP contribution in [0.25, 0.3) is 10.9 Å². The van der Waals surface area contributed by atoms with Gasteiger partial charge in [0.1, 0.15) is 0 Å². The molecule has 0 spiro atoms. The number of hydrogen-bond donors (Lipinski definition) is 2. The SMILES string of the molecule is Cc1cc(NCc2cccc(Cl)c2)c2cccc(C(N)=O)c2n1. The summed E-state index contributed by atoms with van der Waals surface area (Å²) in [5, 5.41) is 4.96. The number of rotatable bonds is 4. The Balaban J connectivity index is 2.00. The van der Waals surface area contributed by atoms with Crippen molar-refractivity contribution in [2.45, 2.75) is 13.5 Å². The van der Waals surface area contributed by atoms with Crippen molar-refractivity contribution in [3.8, 4) is 0 Å². The maximum absolute atomic E-state index is 11.6. The largest absolute Gasteiger partial charge is 0.380 e. The number of pyridine rings is 1. The maximum atomic E-state index is 11.6. The fourth-order valence-corrected chi connectivity index (χ4v) is 2.78. The number of para-hydroxylation sites is 1. The van der Waals surface area contributed by atoms with Crippen molar-refractivity contribution in [2.75, 3.05) is 5.32 Å². The minimum Gasteiger partial charge on any atom is -0.380 e. The summed E-state index contributed by atoms with van der Waals surface area (Å²) in [6.07, 6.45) is 0. The molecule has 0 atom stereocenters. The van der Waals surface area contributed by atoms with Gasteiger partial charge in [0.25, 0.3) is 5.91 Å². The Morgan fingerprint density at radius 2 is 2.00 bits per heavy atom. The molecule has 0 fully saturated rings. The van der Waals surface area contributed by atoms with Gasteiger partial charge in [-0.15, -0.1) is 0 Å². The quantitative estimate of drug-likeness (QED) is 0.764. The Kier molecular flexibility index (Phi) is 4.17. The maximum Gasteiger partial charge on any atom is 0.250 e. The topological polar surface area (TPSA) is 68.0 Å². The fourth-order valence-electron chi connectivity index (χ4n) is 2.57. The second kappa shape index (κ2) is 6.26. The number of aryl methyl sites for hydroxylation is 1. The minimum atomic E-state index is -0.477. The normalized spacial score (nSPS) is 10.7. The average Bonchev–Trinajstić information content (AvgIpc) is 2.52. The predicted octanol–water partition coefficient (Wildman–Crippen LogP) is 3.91. The Morgan fingerprint density at radius 3 is 2.74 bits per heavy atom. The number of anilines is 1. The molecule has 1 amide bonds. The van der Waals surface area contributed by atoms with Crippen molar-refractivity contribution < 1.29 is 4.79 Å². The first-order valence-electron chi connectivity index (χ1n) is 7.23. The molecule has 2 aromatic carbocycles. The fraction of sp³-hybridized carbons (Fsp3) is 0.111. The summed E-state index contributed by atoms with van der Waals surface area (Å²) in [5.41, 5.74) is 9.30. The number of nitrogens with two attached hydrogens (primary N) is 1. The second-order valence-corrected chi connectivity index (χ2v) is 5.80. The molecule has 0 saturated carbocycles. The van der Waals surface area contributed by atoms with Crippen molar-refractivity contribution >= 4 is 34.1 Å². The van der Waals surface area contributed by atoms with Crippen molar-refractivity contribution in [1.82, 2.24) is 4.98 Å². The number of carbonyl (C=O) groups excluding carboxylic acids is 1. The van der Waals surface area contributed by atoms with Gasteiger partial charge >= 0.3 is 0 Å². The summed E-state index contributed by atoms with van der Waals surface area (Å²) < 4.78 is 0. The van der Waals surface area contributed by atoms with Crippen LogP contribution in [0.4, 0.5) is 5.69 Å². The molecule has 5 heteroatoms. The third-order valence-electron chi connectivity index (χ3n) is 3.61. The molecule has 0 aliphatic carbocycles. The monoisotopic (exact) mass is 325 g/mol. The van der Waals surface area contributed by atoms with Gasteiger partial charge in [-0.2, -0.15) is 0 Å². The van der Waals surface area contributed by atoms with Gasteiger partial charge in [0.2, 0.25) is 0 Å². The van der Waals surface area contributed by atoms with Gasteiger partial charge in [0.05, 0.1) is 11.1 Å². The molecule has 0 saturated heterocycles. The van der Waals surface area contributed by atoms with E-state index in [1.807, 2.05) is 49.4 Å². The lowest BCUT2D eigenvalue weighted by atomic mass is 10.1. The van der Waals surface area contributed by atoms with Crippen molar-refractivity contribution in [3.05, 3.63) is 70.4 Å². The molecule has 1 aromatic heterocycles. The molecule has 4 nitrogen and oxygen atoms in total. The number of halogens is 1. The standard InChI is InChI=1S/C18H16ClN3O/c1-11-8-16(21-10-12-4-2-5-13(19)9-12)14-6-3-7-15(18(20)23)17(14)22-11/h2-9H,10H2,1H3,(H2,20,23)(H,21,22). The van der Waals surface area contributed by atoms with Crippen LogP contribution in [0.1, 0.15) is 21.6 Å². The molecule has 23 heavy (non-hydrogen) atoms. The highest BCUT2D eigenvalue weighted by Crippen LogP contribution is 2.26. The Hall–Kier alpha value is -2.59. The van der Waals surface area contributed by atoms with Gasteiger partial charge in [-0.25, -0.2) is 0 Å². The van der Waals surface area contributed by atoms with E-state index in [9.17, 15) is 4.79 Å². The van der Waals surface area contributed by atoms with E-state index >= 15 is 0 Å². The molecule has 0 unspecified atom stereocenters. The number of benzene rings is 2. The molecule has 3 N–H and O–H groups in total. The average molecular weight is 326 g/mol. The van der Waals surface area contributed by atoms with E-state index in [-0.39, 0.29) is 0 Å². The number of nitrogens with zero attached hydrogens (tertiary/aromatic N) is 1. The van der Waals surface area contributed by atoms with E-state index in [4.69, 9.17) is 17.3 Å². The van der Waals surface area contributed by atoms with Gasteiger partial charge in [0.15, 0.2) is 0 Å². The van der Waals surface area contributed by atoms with E-state index in [0.29, 0.717) is 22.6 Å². The van der Waals surface area contributed by atoms with Crippen LogP contribution in [0.15, 0.2) is 48.5 Å². The number of hydrogen-bond acceptors (Lipinski definition) is 3. The third-order valence-corrected chi connectivity index (χ3v) is 3.84. The van der Waals surface area contributed by atoms with Crippen LogP contribution in [0.5, 0.6) is 0 Å². The number of nitrogens with one attached hydrogen (secondary N) is 1. The lowest BCUT2D eigenvalue weighted by molar-refractivity contribution is 0.100. The van der Waals surface area contributed by atoms with Crippen LogP contribution in [0.3, 0.4) is 0 Å². The lowest BCUT2D eigenvalue weighted by Crippen LogP contribution is -2.12. The smallest absolute Gasteiger partial charge is 0.250 e. The molecular weight excluding hydrogens is 310 g/mol. The van der Waals surface area contributed by atoms with Gasteiger partial charge in [0, 0.05) is 28.3 Å². The van der Waals surface area contributed by atoms with Gasteiger partial charge in [-0.05, 0) is 36.8 Å². The third kappa shape index (κ3) is 3.27. The van der Waals surface area contributed by atoms with Crippen LogP contribution in [0, 0.1) is 6.92 Å². The highest BCUT2D eigenvalue weighted by molar-refractivity contribution is 6.30. The first-order chi connectivity index (χ1) is 11.0. The summed E-state index contributed by atoms with van der Waals surface area (Å²) >= 11 is 6.01. The van der Waals surface area contributed by atoms with Gasteiger partial charge < -0.3 is 11.1 Å². The Morgan fingerprint density at radius 1 is 1.22 bits per heavy atom. The molecule has 3 aromatic rings. The summed E-state index contributed by atoms with van der Waals surface area (Å²) in [5.74, 6) is -0.477. The molecule has 0 aliphatic heterocycles. The van der Waals surface area contributed by atoms with Crippen LogP contribution in [-0.2, 0) is 6.54 Å². The number of primary amides is 1. The van der Waals surface area contributed by atoms with E-state index in [1.54, 1.807) is 6.07 Å². The molecule has 0 aliphatic rings. The number of carbonyl (C=O) groups is 1. The first-order valence-corrected chi connectivity index (χ1v) is 7.61. The van der Waals surface area contributed by atoms with Crippen LogP contribution < -0.4 is 11.1 Å². The molecule has 3 rings (SSSR count). The summed E-state index contributed by atoms with van der Waals surface area (Å²) in [6, 6.07) is 15.1. The highest BCUT2D eigenvalue weighted by atomic mass is 35.5. The highest BCUT2D eigenvalue weighted by Gasteiger charge is 2.11. The van der Waals surface area contributed by atoms with Crippen molar-refractivity contribution in [2.24, 2.45) is 5.73 Å². The Bertz CT molecular complexity index is 893. The molecular formula is C18H16ClN3O. The summed E-state index contributed by atoms with van der Waals surface area (Å²) in [4.78, 5) is 16.1. The zero-order chi connectivity index (χ0) is 16.4. The van der Waals surface area contributed by atoms with Crippen LogP contribution in [-0.4, -0.2) is 10.9 Å². The summed E-state index contributed by atoms with van der Waals surface area (Å²) in [6.45, 7) is 2.52. The van der Waals surface area contributed by atoms with E-state index in [2.05, 4.69) is 10.3 Å². The van der Waals surface area contributed by atoms with Gasteiger partial charge in [-0.3, -0.25) is 9.78 Å². The van der Waals surface area contributed by atoms with E-state index in [1.165, 1.54) is 0 Å². The Labute approximate surface area is 139 Å². The minimum absolute atomic E-state index is 0.428. The number of amides is 1. The lowest BCUT2D eigenvalue weighted by Gasteiger charge is -2.12. The van der Waals surface area contributed by atoms with Crippen LogP contribution >= 0.6 is 11.6 Å². The number of fused-ring (bicyclic) bond motifs is 1. The van der Waals surface area contributed by atoms with Crippen LogP contribution in [0.2, 0.25) is 5.02 Å². The zero-order valence-corrected chi connectivity index (χ0v) is 13.4.